The van der Waals surface area contributed by atoms with Gasteiger partial charge in [0.25, 0.3) is 0 Å². The third-order valence-electron chi connectivity index (χ3n) is 3.05. The van der Waals surface area contributed by atoms with Crippen molar-refractivity contribution in [2.75, 3.05) is 7.05 Å². The number of nitrogens with one attached hydrogen (secondary N) is 2. The lowest BCUT2D eigenvalue weighted by Crippen LogP contribution is -2.19. The molecule has 1 aliphatic rings. The van der Waals surface area contributed by atoms with Crippen molar-refractivity contribution in [1.29, 1.82) is 0 Å². The van der Waals surface area contributed by atoms with Crippen molar-refractivity contribution in [2.24, 2.45) is 0 Å². The summed E-state index contributed by atoms with van der Waals surface area (Å²) >= 11 is 5.28. The fraction of sp³-hybridized carbons (Fsp3) is 0.800. The Hall–Kier alpha value is -0.680. The first-order valence-electron chi connectivity index (χ1n) is 5.63. The van der Waals surface area contributed by atoms with Crippen LogP contribution < -0.4 is 5.32 Å². The number of hydrogen-bond donors (Lipinski definition) is 2. The molecule has 0 aliphatic heterocycles. The van der Waals surface area contributed by atoms with Crippen LogP contribution in [0, 0.1) is 4.77 Å². The highest BCUT2D eigenvalue weighted by Gasteiger charge is 2.19. The molecule has 2 rings (SSSR count). The standard InChI is InChI=1S/C10H18N4S/c1-11-7-9-12-13-10(15)14(9)8-5-3-2-4-6-8/h8,11H,2-7H2,1H3,(H,13,15). The van der Waals surface area contributed by atoms with E-state index in [1.54, 1.807) is 0 Å². The maximum Gasteiger partial charge on any atom is 0.195 e. The monoisotopic (exact) mass is 226 g/mol. The van der Waals surface area contributed by atoms with Crippen molar-refractivity contribution < 1.29 is 0 Å². The Bertz CT molecular complexity index is 362. The fourth-order valence-electron chi connectivity index (χ4n) is 2.34. The van der Waals surface area contributed by atoms with Gasteiger partial charge >= 0.3 is 0 Å². The average molecular weight is 226 g/mol. The van der Waals surface area contributed by atoms with Crippen LogP contribution in [0.1, 0.15) is 44.0 Å². The van der Waals surface area contributed by atoms with Gasteiger partial charge in [0.15, 0.2) is 4.77 Å². The van der Waals surface area contributed by atoms with E-state index in [-0.39, 0.29) is 0 Å². The van der Waals surface area contributed by atoms with E-state index in [4.69, 9.17) is 12.2 Å². The lowest BCUT2D eigenvalue weighted by Gasteiger charge is -2.24. The number of rotatable bonds is 3. The van der Waals surface area contributed by atoms with Gasteiger partial charge in [0.1, 0.15) is 5.82 Å². The van der Waals surface area contributed by atoms with Crippen LogP contribution >= 0.6 is 12.2 Å². The Morgan fingerprint density at radius 2 is 2.20 bits per heavy atom. The predicted octanol–water partition coefficient (Wildman–Crippen LogP) is 2.17. The molecule has 4 nitrogen and oxygen atoms in total. The highest BCUT2D eigenvalue weighted by molar-refractivity contribution is 7.71. The SMILES string of the molecule is CNCc1n[nH]c(=S)n1C1CCCCC1. The number of aromatic amines is 1. The van der Waals surface area contributed by atoms with Gasteiger partial charge in [0, 0.05) is 6.04 Å². The second-order valence-corrected chi connectivity index (χ2v) is 4.52. The van der Waals surface area contributed by atoms with Gasteiger partial charge in [-0.1, -0.05) is 19.3 Å². The first-order valence-corrected chi connectivity index (χ1v) is 6.04. The molecule has 0 aromatic carbocycles. The lowest BCUT2D eigenvalue weighted by atomic mass is 9.95. The summed E-state index contributed by atoms with van der Waals surface area (Å²) in [7, 11) is 1.93. The van der Waals surface area contributed by atoms with Gasteiger partial charge in [0.2, 0.25) is 0 Å². The minimum absolute atomic E-state index is 0.563. The summed E-state index contributed by atoms with van der Waals surface area (Å²) in [6, 6.07) is 0.563. The molecule has 0 spiro atoms. The maximum atomic E-state index is 5.28. The van der Waals surface area contributed by atoms with E-state index in [0.717, 1.165) is 17.1 Å². The van der Waals surface area contributed by atoms with Crippen LogP contribution in [0.2, 0.25) is 0 Å². The number of H-pyrrole nitrogens is 1. The summed E-state index contributed by atoms with van der Waals surface area (Å²) in [6.07, 6.45) is 6.48. The molecular formula is C10H18N4S. The van der Waals surface area contributed by atoms with E-state index < -0.39 is 0 Å². The Labute approximate surface area is 95.1 Å². The molecule has 5 heteroatoms. The second kappa shape index (κ2) is 4.90. The molecular weight excluding hydrogens is 208 g/mol. The zero-order chi connectivity index (χ0) is 10.7. The lowest BCUT2D eigenvalue weighted by molar-refractivity contribution is 0.341. The summed E-state index contributed by atoms with van der Waals surface area (Å²) in [5.74, 6) is 1.04. The number of aromatic nitrogens is 3. The van der Waals surface area contributed by atoms with Crippen molar-refractivity contribution in [2.45, 2.75) is 44.7 Å². The first-order chi connectivity index (χ1) is 7.33. The molecule has 1 aromatic heterocycles. The summed E-state index contributed by atoms with van der Waals surface area (Å²) < 4.78 is 2.97. The van der Waals surface area contributed by atoms with Crippen LogP contribution in [0.4, 0.5) is 0 Å². The van der Waals surface area contributed by atoms with Crippen LogP contribution in [-0.2, 0) is 6.54 Å². The maximum absolute atomic E-state index is 5.28. The summed E-state index contributed by atoms with van der Waals surface area (Å²) in [5.41, 5.74) is 0. The van der Waals surface area contributed by atoms with Crippen LogP contribution in [0.5, 0.6) is 0 Å². The third-order valence-corrected chi connectivity index (χ3v) is 3.34. The Balaban J connectivity index is 2.24. The smallest absolute Gasteiger partial charge is 0.195 e. The fourth-order valence-corrected chi connectivity index (χ4v) is 2.64. The van der Waals surface area contributed by atoms with E-state index in [0.29, 0.717) is 6.04 Å². The summed E-state index contributed by atoms with van der Waals surface area (Å²) in [4.78, 5) is 0. The molecule has 15 heavy (non-hydrogen) atoms. The molecule has 0 saturated heterocycles. The molecule has 1 heterocycles. The minimum Gasteiger partial charge on any atom is -0.313 e. The number of nitrogens with zero attached hydrogens (tertiary/aromatic N) is 2. The van der Waals surface area contributed by atoms with Gasteiger partial charge in [-0.2, -0.15) is 5.10 Å². The molecule has 84 valence electrons. The van der Waals surface area contributed by atoms with Crippen LogP contribution in [-0.4, -0.2) is 21.8 Å². The van der Waals surface area contributed by atoms with E-state index in [1.807, 2.05) is 7.05 Å². The van der Waals surface area contributed by atoms with E-state index in [2.05, 4.69) is 20.1 Å². The van der Waals surface area contributed by atoms with Crippen molar-refractivity contribution >= 4 is 12.2 Å². The predicted molar refractivity (Wildman–Crippen MR) is 62.3 cm³/mol. The molecule has 2 N–H and O–H groups in total. The molecule has 0 radical (unpaired) electrons. The van der Waals surface area contributed by atoms with Crippen LogP contribution in [0.15, 0.2) is 0 Å². The van der Waals surface area contributed by atoms with Crippen LogP contribution in [0.3, 0.4) is 0 Å². The molecule has 0 unspecified atom stereocenters. The molecule has 1 fully saturated rings. The summed E-state index contributed by atoms with van der Waals surface area (Å²) in [6.45, 7) is 0.781. The van der Waals surface area contributed by atoms with Crippen molar-refractivity contribution in [3.8, 4) is 0 Å². The molecule has 0 atom stereocenters. The van der Waals surface area contributed by atoms with Crippen molar-refractivity contribution in [1.82, 2.24) is 20.1 Å². The zero-order valence-corrected chi connectivity index (χ0v) is 9.94. The van der Waals surface area contributed by atoms with E-state index in [1.165, 1.54) is 32.1 Å². The quantitative estimate of drug-likeness (QED) is 0.776. The largest absolute Gasteiger partial charge is 0.313 e. The highest BCUT2D eigenvalue weighted by Crippen LogP contribution is 2.28. The highest BCUT2D eigenvalue weighted by atomic mass is 32.1. The topological polar surface area (TPSA) is 45.6 Å². The minimum atomic E-state index is 0.563. The molecule has 1 aliphatic carbocycles. The van der Waals surface area contributed by atoms with Gasteiger partial charge in [0.05, 0.1) is 6.54 Å². The molecule has 0 bridgehead atoms. The van der Waals surface area contributed by atoms with E-state index >= 15 is 0 Å². The molecule has 1 aromatic rings. The van der Waals surface area contributed by atoms with Crippen molar-refractivity contribution in [3.05, 3.63) is 10.6 Å². The van der Waals surface area contributed by atoms with Gasteiger partial charge in [-0.3, -0.25) is 9.67 Å². The second-order valence-electron chi connectivity index (χ2n) is 4.14. The van der Waals surface area contributed by atoms with Gasteiger partial charge in [-0.05, 0) is 32.1 Å². The van der Waals surface area contributed by atoms with Crippen molar-refractivity contribution in [3.63, 3.8) is 0 Å². The Morgan fingerprint density at radius 1 is 1.47 bits per heavy atom. The molecule has 1 saturated carbocycles. The first kappa shape index (κ1) is 10.8. The normalized spacial score (nSPS) is 18.2. The van der Waals surface area contributed by atoms with E-state index in [9.17, 15) is 0 Å². The van der Waals surface area contributed by atoms with Gasteiger partial charge in [-0.15, -0.1) is 0 Å². The Kier molecular flexibility index (Phi) is 3.53. The van der Waals surface area contributed by atoms with Gasteiger partial charge < -0.3 is 5.32 Å². The molecule has 0 amide bonds. The van der Waals surface area contributed by atoms with Crippen LogP contribution in [0.25, 0.3) is 0 Å². The Morgan fingerprint density at radius 3 is 2.87 bits per heavy atom. The number of hydrogen-bond acceptors (Lipinski definition) is 3. The van der Waals surface area contributed by atoms with Gasteiger partial charge in [-0.25, -0.2) is 0 Å². The summed E-state index contributed by atoms with van der Waals surface area (Å²) in [5, 5.41) is 10.3. The average Bonchev–Trinajstić information content (AvgIpc) is 2.62. The zero-order valence-electron chi connectivity index (χ0n) is 9.12. The third kappa shape index (κ3) is 2.29.